The second-order valence-electron chi connectivity index (χ2n) is 4.82. The van der Waals surface area contributed by atoms with Gasteiger partial charge < -0.3 is 10.1 Å². The molecule has 0 bridgehead atoms. The van der Waals surface area contributed by atoms with Gasteiger partial charge in [0.05, 0.1) is 18.7 Å². The molecule has 0 aliphatic heterocycles. The number of ketones is 1. The Morgan fingerprint density at radius 1 is 1.29 bits per heavy atom. The molecule has 0 aromatic heterocycles. The summed E-state index contributed by atoms with van der Waals surface area (Å²) in [4.78, 5) is 23.3. The summed E-state index contributed by atoms with van der Waals surface area (Å²) in [5.74, 6) is -1.47. The third-order valence-electron chi connectivity index (χ3n) is 3.26. The number of amides is 1. The molecule has 0 aliphatic rings. The van der Waals surface area contributed by atoms with Crippen molar-refractivity contribution in [2.75, 3.05) is 12.4 Å². The molecule has 136 valence electrons. The minimum Gasteiger partial charge on any atom is -0.495 e. The number of anilines is 1. The highest BCUT2D eigenvalue weighted by molar-refractivity contribution is 7.85. The van der Waals surface area contributed by atoms with Crippen LogP contribution >= 0.6 is 0 Å². The first kappa shape index (κ1) is 22.1. The van der Waals surface area contributed by atoms with Gasteiger partial charge >= 0.3 is 0 Å². The van der Waals surface area contributed by atoms with Crippen LogP contribution in [-0.2, 0) is 19.7 Å². The molecule has 0 fully saturated rings. The Balaban J connectivity index is 0.00000254. The number of hydrogen-bond donors (Lipinski definition) is 2. The summed E-state index contributed by atoms with van der Waals surface area (Å²) in [5, 5.41) is 2.53. The van der Waals surface area contributed by atoms with Crippen molar-refractivity contribution in [2.45, 2.75) is 45.9 Å². The number of hydrogen-bond acceptors (Lipinski definition) is 5. The maximum Gasteiger partial charge on any atom is 0.294 e. The molecule has 0 saturated heterocycles. The first-order chi connectivity index (χ1) is 11.1. The summed E-state index contributed by atoms with van der Waals surface area (Å²) in [7, 11) is -3.09. The molecule has 1 aromatic rings. The average molecular weight is 359 g/mol. The summed E-state index contributed by atoms with van der Waals surface area (Å²) in [6.07, 6.45) is 0.243. The predicted molar refractivity (Wildman–Crippen MR) is 92.0 cm³/mol. The Morgan fingerprint density at radius 3 is 2.25 bits per heavy atom. The Kier molecular flexibility index (Phi) is 8.63. The molecule has 7 nitrogen and oxygen atoms in total. The predicted octanol–water partition coefficient (Wildman–Crippen LogP) is 2.83. The lowest BCUT2D eigenvalue weighted by Crippen LogP contribution is -2.27. The van der Waals surface area contributed by atoms with E-state index in [1.54, 1.807) is 6.92 Å². The molecule has 1 aromatic carbocycles. The van der Waals surface area contributed by atoms with Crippen molar-refractivity contribution in [3.8, 4) is 5.75 Å². The first-order valence-electron chi connectivity index (χ1n) is 7.61. The van der Waals surface area contributed by atoms with Gasteiger partial charge in [0, 0.05) is 12.5 Å². The summed E-state index contributed by atoms with van der Waals surface area (Å²) >= 11 is 0. The molecule has 1 amide bonds. The van der Waals surface area contributed by atoms with Crippen molar-refractivity contribution >= 4 is 27.5 Å². The van der Waals surface area contributed by atoms with Crippen molar-refractivity contribution in [1.82, 2.24) is 0 Å². The Bertz CT molecular complexity index is 697. The molecule has 0 radical (unpaired) electrons. The van der Waals surface area contributed by atoms with Crippen LogP contribution in [0.2, 0.25) is 0 Å². The smallest absolute Gasteiger partial charge is 0.294 e. The summed E-state index contributed by atoms with van der Waals surface area (Å²) in [5.41, 5.74) is 0.473. The van der Waals surface area contributed by atoms with Gasteiger partial charge in [-0.2, -0.15) is 8.42 Å². The lowest BCUT2D eigenvalue weighted by Gasteiger charge is -2.15. The van der Waals surface area contributed by atoms with Crippen LogP contribution in [0.5, 0.6) is 5.75 Å². The second kappa shape index (κ2) is 9.39. The van der Waals surface area contributed by atoms with Crippen LogP contribution in [-0.4, -0.2) is 31.8 Å². The normalized spacial score (nSPS) is 11.8. The van der Waals surface area contributed by atoms with Crippen LogP contribution in [0.15, 0.2) is 17.0 Å². The molecule has 24 heavy (non-hydrogen) atoms. The van der Waals surface area contributed by atoms with E-state index < -0.39 is 21.9 Å². The fourth-order valence-corrected chi connectivity index (χ4v) is 2.63. The minimum absolute atomic E-state index is 0.0720. The Labute approximate surface area is 143 Å². The number of benzene rings is 1. The van der Waals surface area contributed by atoms with Gasteiger partial charge in [-0.25, -0.2) is 0 Å². The van der Waals surface area contributed by atoms with Crippen LogP contribution in [0, 0.1) is 12.8 Å². The number of rotatable bonds is 6. The van der Waals surface area contributed by atoms with E-state index in [1.807, 2.05) is 13.8 Å². The molecule has 2 N–H and O–H groups in total. The van der Waals surface area contributed by atoms with E-state index in [2.05, 4.69) is 5.32 Å². The Hall–Kier alpha value is -1.93. The average Bonchev–Trinajstić information content (AvgIpc) is 2.54. The highest BCUT2D eigenvalue weighted by atomic mass is 32.2. The van der Waals surface area contributed by atoms with E-state index in [0.717, 1.165) is 6.07 Å². The van der Waals surface area contributed by atoms with Crippen molar-refractivity contribution in [1.29, 1.82) is 0 Å². The molecule has 0 spiro atoms. The van der Waals surface area contributed by atoms with Crippen LogP contribution in [0.1, 0.15) is 39.7 Å². The van der Waals surface area contributed by atoms with E-state index >= 15 is 0 Å². The molecule has 0 aliphatic carbocycles. The van der Waals surface area contributed by atoms with Gasteiger partial charge in [0.25, 0.3) is 10.1 Å². The number of carbonyl (C=O) groups excluding carboxylic acids is 2. The second-order valence-corrected chi connectivity index (χ2v) is 6.21. The summed E-state index contributed by atoms with van der Waals surface area (Å²) in [6.45, 7) is 8.63. The van der Waals surface area contributed by atoms with Gasteiger partial charge in [0.2, 0.25) is 5.91 Å². The van der Waals surface area contributed by atoms with Crippen molar-refractivity contribution < 1.29 is 27.3 Å². The van der Waals surface area contributed by atoms with E-state index in [-0.39, 0.29) is 34.1 Å². The molecule has 8 heteroatoms. The molecule has 0 heterocycles. The SMILES string of the molecule is CC.CCC(=O)C(C)C(=O)Nc1cc(C)c(S(=O)(=O)O)cc1OC. The standard InChI is InChI=1S/C14H19NO6S.C2H6/c1-5-11(16)9(3)14(17)15-10-6-8(2)13(22(18,19)20)7-12(10)21-4;1-2/h6-7,9H,5H2,1-4H3,(H,15,17)(H,18,19,20);1-2H3. The highest BCUT2D eigenvalue weighted by Crippen LogP contribution is 2.31. The van der Waals surface area contributed by atoms with Crippen LogP contribution < -0.4 is 10.1 Å². The molecule has 1 atom stereocenters. The van der Waals surface area contributed by atoms with E-state index in [1.165, 1.54) is 27.0 Å². The molecular weight excluding hydrogens is 334 g/mol. The molecule has 0 saturated carbocycles. The highest BCUT2D eigenvalue weighted by Gasteiger charge is 2.23. The van der Waals surface area contributed by atoms with Gasteiger partial charge in [-0.1, -0.05) is 20.8 Å². The van der Waals surface area contributed by atoms with Gasteiger partial charge in [0.15, 0.2) is 0 Å². The lowest BCUT2D eigenvalue weighted by molar-refractivity contribution is -0.130. The fraction of sp³-hybridized carbons (Fsp3) is 0.500. The van der Waals surface area contributed by atoms with E-state index in [0.29, 0.717) is 0 Å². The van der Waals surface area contributed by atoms with Gasteiger partial charge in [-0.3, -0.25) is 14.1 Å². The Morgan fingerprint density at radius 2 is 1.83 bits per heavy atom. The minimum atomic E-state index is -4.39. The third-order valence-corrected chi connectivity index (χ3v) is 4.25. The molecular formula is C16H25NO6S. The number of methoxy groups -OCH3 is 1. The van der Waals surface area contributed by atoms with Crippen molar-refractivity contribution in [2.24, 2.45) is 5.92 Å². The molecule has 1 rings (SSSR count). The number of ether oxygens (including phenoxy) is 1. The zero-order valence-corrected chi connectivity index (χ0v) is 15.7. The topological polar surface area (TPSA) is 110 Å². The number of aryl methyl sites for hydroxylation is 1. The summed E-state index contributed by atoms with van der Waals surface area (Å²) in [6, 6.07) is 2.48. The maximum atomic E-state index is 12.0. The number of carbonyl (C=O) groups is 2. The third kappa shape index (κ3) is 5.61. The van der Waals surface area contributed by atoms with Crippen LogP contribution in [0.3, 0.4) is 0 Å². The van der Waals surface area contributed by atoms with Crippen molar-refractivity contribution in [3.05, 3.63) is 17.7 Å². The molecule has 1 unspecified atom stereocenters. The monoisotopic (exact) mass is 359 g/mol. The van der Waals surface area contributed by atoms with Gasteiger partial charge in [0.1, 0.15) is 16.4 Å². The number of Topliss-reactive ketones (excluding diaryl/α,β-unsaturated/α-hetero) is 1. The van der Waals surface area contributed by atoms with Crippen LogP contribution in [0.25, 0.3) is 0 Å². The zero-order valence-electron chi connectivity index (χ0n) is 14.8. The largest absolute Gasteiger partial charge is 0.495 e. The number of nitrogens with one attached hydrogen (secondary N) is 1. The van der Waals surface area contributed by atoms with Crippen LogP contribution in [0.4, 0.5) is 5.69 Å². The summed E-state index contributed by atoms with van der Waals surface area (Å²) < 4.78 is 36.7. The van der Waals surface area contributed by atoms with E-state index in [9.17, 15) is 18.0 Å². The van der Waals surface area contributed by atoms with E-state index in [4.69, 9.17) is 9.29 Å². The zero-order chi connectivity index (χ0) is 19.1. The lowest BCUT2D eigenvalue weighted by atomic mass is 10.0. The van der Waals surface area contributed by atoms with Gasteiger partial charge in [-0.05, 0) is 25.5 Å². The quantitative estimate of drug-likeness (QED) is 0.597. The van der Waals surface area contributed by atoms with Gasteiger partial charge in [-0.15, -0.1) is 0 Å². The van der Waals surface area contributed by atoms with Crippen molar-refractivity contribution in [3.63, 3.8) is 0 Å². The first-order valence-corrected chi connectivity index (χ1v) is 9.05. The maximum absolute atomic E-state index is 12.0. The fourth-order valence-electron chi connectivity index (χ4n) is 1.91.